The van der Waals surface area contributed by atoms with Gasteiger partial charge < -0.3 is 10.6 Å². The Kier molecular flexibility index (Phi) is 6.52. The topological polar surface area (TPSA) is 61.4 Å². The van der Waals surface area contributed by atoms with Crippen LogP contribution in [0, 0.1) is 6.92 Å². The van der Waals surface area contributed by atoms with Crippen LogP contribution in [0.4, 0.5) is 11.4 Å². The predicted octanol–water partition coefficient (Wildman–Crippen LogP) is 3.83. The van der Waals surface area contributed by atoms with E-state index in [1.54, 1.807) is 24.3 Å². The van der Waals surface area contributed by atoms with Crippen LogP contribution < -0.4 is 10.6 Å². The SMILES string of the molecule is CCN(CC)S(=O)(=O)c1ccc(NC(=S)Nc2cccc(C)c2)cc1. The summed E-state index contributed by atoms with van der Waals surface area (Å²) in [5, 5.41) is 6.61. The van der Waals surface area contributed by atoms with Crippen molar-refractivity contribution in [2.45, 2.75) is 25.7 Å². The first-order valence-electron chi connectivity index (χ1n) is 8.11. The lowest BCUT2D eigenvalue weighted by Gasteiger charge is -2.18. The van der Waals surface area contributed by atoms with E-state index in [-0.39, 0.29) is 4.90 Å². The number of aryl methyl sites for hydroxylation is 1. The van der Waals surface area contributed by atoms with Crippen LogP contribution in [-0.4, -0.2) is 30.9 Å². The Hall–Kier alpha value is -1.96. The van der Waals surface area contributed by atoms with E-state index >= 15 is 0 Å². The van der Waals surface area contributed by atoms with Crippen molar-refractivity contribution in [2.24, 2.45) is 0 Å². The molecule has 2 N–H and O–H groups in total. The highest BCUT2D eigenvalue weighted by Gasteiger charge is 2.21. The van der Waals surface area contributed by atoms with Crippen molar-refractivity contribution in [3.63, 3.8) is 0 Å². The van der Waals surface area contributed by atoms with Crippen LogP contribution in [-0.2, 0) is 10.0 Å². The molecular weight excluding hydrogens is 354 g/mol. The summed E-state index contributed by atoms with van der Waals surface area (Å²) in [6.45, 7) is 6.56. The molecule has 0 fully saturated rings. The summed E-state index contributed by atoms with van der Waals surface area (Å²) in [6, 6.07) is 14.5. The smallest absolute Gasteiger partial charge is 0.243 e. The molecule has 25 heavy (non-hydrogen) atoms. The van der Waals surface area contributed by atoms with Crippen LogP contribution in [0.3, 0.4) is 0 Å². The maximum atomic E-state index is 12.5. The zero-order valence-corrected chi connectivity index (χ0v) is 16.2. The number of nitrogens with zero attached hydrogens (tertiary/aromatic N) is 1. The van der Waals surface area contributed by atoms with Gasteiger partial charge in [0.2, 0.25) is 10.0 Å². The highest BCUT2D eigenvalue weighted by molar-refractivity contribution is 7.89. The quantitative estimate of drug-likeness (QED) is 0.749. The molecule has 0 heterocycles. The van der Waals surface area contributed by atoms with Gasteiger partial charge in [0.15, 0.2) is 5.11 Å². The van der Waals surface area contributed by atoms with Crippen molar-refractivity contribution in [3.8, 4) is 0 Å². The highest BCUT2D eigenvalue weighted by atomic mass is 32.2. The van der Waals surface area contributed by atoms with Crippen molar-refractivity contribution in [1.82, 2.24) is 4.31 Å². The zero-order valence-electron chi connectivity index (χ0n) is 14.6. The van der Waals surface area contributed by atoms with E-state index in [2.05, 4.69) is 10.6 Å². The molecule has 0 aliphatic heterocycles. The second kappa shape index (κ2) is 8.42. The molecule has 2 rings (SSSR count). The third kappa shape index (κ3) is 5.01. The summed E-state index contributed by atoms with van der Waals surface area (Å²) >= 11 is 5.30. The van der Waals surface area contributed by atoms with E-state index in [1.165, 1.54) is 4.31 Å². The summed E-state index contributed by atoms with van der Waals surface area (Å²) in [5.74, 6) is 0. The molecule has 0 unspecified atom stereocenters. The van der Waals surface area contributed by atoms with E-state index in [4.69, 9.17) is 12.2 Å². The number of rotatable bonds is 6. The first-order chi connectivity index (χ1) is 11.9. The number of sulfonamides is 1. The molecule has 2 aromatic carbocycles. The third-order valence-corrected chi connectivity index (χ3v) is 6.00. The average molecular weight is 378 g/mol. The van der Waals surface area contributed by atoms with Gasteiger partial charge in [0, 0.05) is 24.5 Å². The molecule has 0 radical (unpaired) electrons. The first kappa shape index (κ1) is 19.4. The molecule has 0 saturated carbocycles. The molecule has 0 aliphatic rings. The van der Waals surface area contributed by atoms with Gasteiger partial charge in [-0.25, -0.2) is 8.42 Å². The normalized spacial score (nSPS) is 11.4. The largest absolute Gasteiger partial charge is 0.332 e. The molecule has 0 atom stereocenters. The zero-order chi connectivity index (χ0) is 18.4. The van der Waals surface area contributed by atoms with Crippen molar-refractivity contribution in [1.29, 1.82) is 0 Å². The number of nitrogens with one attached hydrogen (secondary N) is 2. The van der Waals surface area contributed by atoms with E-state index in [9.17, 15) is 8.42 Å². The Morgan fingerprint density at radius 2 is 1.60 bits per heavy atom. The Morgan fingerprint density at radius 3 is 2.16 bits per heavy atom. The van der Waals surface area contributed by atoms with Gasteiger partial charge in [-0.2, -0.15) is 4.31 Å². The summed E-state index contributed by atoms with van der Waals surface area (Å²) < 4.78 is 26.4. The number of thiocarbonyl (C=S) groups is 1. The van der Waals surface area contributed by atoms with Crippen LogP contribution in [0.5, 0.6) is 0 Å². The summed E-state index contributed by atoms with van der Waals surface area (Å²) in [5.41, 5.74) is 2.76. The van der Waals surface area contributed by atoms with Crippen molar-refractivity contribution in [2.75, 3.05) is 23.7 Å². The molecule has 5 nitrogen and oxygen atoms in total. The highest BCUT2D eigenvalue weighted by Crippen LogP contribution is 2.18. The van der Waals surface area contributed by atoms with Gasteiger partial charge in [0.25, 0.3) is 0 Å². The molecule has 0 bridgehead atoms. The number of anilines is 2. The second-order valence-electron chi connectivity index (χ2n) is 5.56. The molecule has 0 saturated heterocycles. The average Bonchev–Trinajstić information content (AvgIpc) is 2.56. The summed E-state index contributed by atoms with van der Waals surface area (Å²) in [7, 11) is -3.44. The standard InChI is InChI=1S/C18H23N3O2S2/c1-4-21(5-2)25(22,23)17-11-9-15(10-12-17)19-18(24)20-16-8-6-7-14(3)13-16/h6-13H,4-5H2,1-3H3,(H2,19,20,24). The minimum absolute atomic E-state index is 0.277. The van der Waals surface area contributed by atoms with Crippen molar-refractivity contribution in [3.05, 3.63) is 54.1 Å². The van der Waals surface area contributed by atoms with Crippen LogP contribution in [0.1, 0.15) is 19.4 Å². The van der Waals surface area contributed by atoms with E-state index in [0.29, 0.717) is 18.2 Å². The van der Waals surface area contributed by atoms with Crippen LogP contribution in [0.15, 0.2) is 53.4 Å². The molecular formula is C18H23N3O2S2. The van der Waals surface area contributed by atoms with Gasteiger partial charge in [0.05, 0.1) is 4.90 Å². The lowest BCUT2D eigenvalue weighted by Crippen LogP contribution is -2.30. The molecule has 2 aromatic rings. The molecule has 0 spiro atoms. The van der Waals surface area contributed by atoms with Gasteiger partial charge in [-0.1, -0.05) is 26.0 Å². The van der Waals surface area contributed by atoms with Gasteiger partial charge in [-0.15, -0.1) is 0 Å². The fourth-order valence-electron chi connectivity index (χ4n) is 2.44. The minimum atomic E-state index is -3.44. The summed E-state index contributed by atoms with van der Waals surface area (Å²) in [6.07, 6.45) is 0. The Morgan fingerprint density at radius 1 is 1.00 bits per heavy atom. The molecule has 0 amide bonds. The first-order valence-corrected chi connectivity index (χ1v) is 9.96. The van der Waals surface area contributed by atoms with Crippen molar-refractivity contribution >= 4 is 38.7 Å². The van der Waals surface area contributed by atoms with E-state index in [1.807, 2.05) is 45.0 Å². The van der Waals surface area contributed by atoms with E-state index in [0.717, 1.165) is 16.9 Å². The fraction of sp³-hybridized carbons (Fsp3) is 0.278. The van der Waals surface area contributed by atoms with E-state index < -0.39 is 10.0 Å². The lowest BCUT2D eigenvalue weighted by molar-refractivity contribution is 0.445. The van der Waals surface area contributed by atoms with Gasteiger partial charge in [-0.05, 0) is 61.1 Å². The molecule has 7 heteroatoms. The summed E-state index contributed by atoms with van der Waals surface area (Å²) in [4.78, 5) is 0.277. The maximum absolute atomic E-state index is 12.5. The van der Waals surface area contributed by atoms with Gasteiger partial charge in [-0.3, -0.25) is 0 Å². The van der Waals surface area contributed by atoms with Crippen molar-refractivity contribution < 1.29 is 8.42 Å². The Labute approximate surface area is 155 Å². The van der Waals surface area contributed by atoms with Crippen LogP contribution in [0.2, 0.25) is 0 Å². The molecule has 0 aliphatic carbocycles. The molecule has 134 valence electrons. The molecule has 0 aromatic heterocycles. The third-order valence-electron chi connectivity index (χ3n) is 3.73. The maximum Gasteiger partial charge on any atom is 0.243 e. The Bertz CT molecular complexity index is 830. The number of hydrogen-bond donors (Lipinski definition) is 2. The van der Waals surface area contributed by atoms with Gasteiger partial charge >= 0.3 is 0 Å². The van der Waals surface area contributed by atoms with Crippen LogP contribution in [0.25, 0.3) is 0 Å². The second-order valence-corrected chi connectivity index (χ2v) is 7.91. The minimum Gasteiger partial charge on any atom is -0.332 e. The van der Waals surface area contributed by atoms with Crippen LogP contribution >= 0.6 is 12.2 Å². The fourth-order valence-corrected chi connectivity index (χ4v) is 4.13. The predicted molar refractivity (Wildman–Crippen MR) is 108 cm³/mol. The Balaban J connectivity index is 2.06. The number of benzene rings is 2. The monoisotopic (exact) mass is 377 g/mol. The lowest BCUT2D eigenvalue weighted by atomic mass is 10.2. The number of hydrogen-bond acceptors (Lipinski definition) is 3. The van der Waals surface area contributed by atoms with Gasteiger partial charge in [0.1, 0.15) is 0 Å².